The van der Waals surface area contributed by atoms with E-state index in [0.717, 1.165) is 29.4 Å². The van der Waals surface area contributed by atoms with Crippen LogP contribution in [0.5, 0.6) is 5.75 Å². The highest BCUT2D eigenvalue weighted by atomic mass is 35.5. The molecule has 0 N–H and O–H groups in total. The summed E-state index contributed by atoms with van der Waals surface area (Å²) in [4.78, 5) is 16.8. The first-order valence-electron chi connectivity index (χ1n) is 8.66. The van der Waals surface area contributed by atoms with Gasteiger partial charge in [-0.1, -0.05) is 29.3 Å². The lowest BCUT2D eigenvalue weighted by atomic mass is 10.2. The van der Waals surface area contributed by atoms with Crippen molar-refractivity contribution in [3.63, 3.8) is 0 Å². The van der Waals surface area contributed by atoms with E-state index in [1.165, 1.54) is 0 Å². The summed E-state index contributed by atoms with van der Waals surface area (Å²) in [6.07, 6.45) is -0.535. The Bertz CT molecular complexity index is 789. The number of ether oxygens (including phenoxy) is 1. The Hall–Kier alpha value is -1.91. The Morgan fingerprint density at radius 1 is 1.04 bits per heavy atom. The number of halogens is 2. The molecule has 1 saturated heterocycles. The Morgan fingerprint density at radius 2 is 1.73 bits per heavy atom. The zero-order chi connectivity index (χ0) is 18.7. The zero-order valence-electron chi connectivity index (χ0n) is 14.9. The predicted molar refractivity (Wildman–Crippen MR) is 107 cm³/mol. The lowest BCUT2D eigenvalue weighted by Gasteiger charge is -2.37. The third kappa shape index (κ3) is 4.43. The summed E-state index contributed by atoms with van der Waals surface area (Å²) in [6, 6.07) is 13.2. The molecular weight excluding hydrogens is 371 g/mol. The molecule has 3 rings (SSSR count). The quantitative estimate of drug-likeness (QED) is 0.771. The number of anilines is 1. The molecule has 138 valence electrons. The van der Waals surface area contributed by atoms with Crippen LogP contribution in [0.2, 0.25) is 10.0 Å². The molecule has 26 heavy (non-hydrogen) atoms. The molecule has 1 amide bonds. The lowest BCUT2D eigenvalue weighted by Crippen LogP contribution is -2.52. The first-order valence-corrected chi connectivity index (χ1v) is 9.42. The van der Waals surface area contributed by atoms with Crippen LogP contribution < -0.4 is 9.64 Å². The molecule has 2 aromatic rings. The minimum Gasteiger partial charge on any atom is -0.481 e. The molecule has 1 aliphatic heterocycles. The molecular formula is C20H22Cl2N2O2. The zero-order valence-corrected chi connectivity index (χ0v) is 16.4. The standard InChI is InChI=1S/C20H22Cl2N2O2/c1-14-12-17(22)6-7-19(14)26-15(2)20(25)24-10-8-23(9-11-24)18-5-3-4-16(21)13-18/h3-7,12-13,15H,8-11H2,1-2H3/t15-/m0/s1. The van der Waals surface area contributed by atoms with Crippen molar-refractivity contribution in [1.29, 1.82) is 0 Å². The van der Waals surface area contributed by atoms with Gasteiger partial charge in [0.1, 0.15) is 5.75 Å². The maximum absolute atomic E-state index is 12.7. The smallest absolute Gasteiger partial charge is 0.263 e. The van der Waals surface area contributed by atoms with Gasteiger partial charge in [-0.3, -0.25) is 4.79 Å². The van der Waals surface area contributed by atoms with Crippen molar-refractivity contribution in [1.82, 2.24) is 4.90 Å². The average Bonchev–Trinajstić information content (AvgIpc) is 2.63. The van der Waals surface area contributed by atoms with Crippen LogP contribution in [0, 0.1) is 6.92 Å². The number of carbonyl (C=O) groups is 1. The van der Waals surface area contributed by atoms with E-state index in [-0.39, 0.29) is 5.91 Å². The molecule has 1 aliphatic rings. The van der Waals surface area contributed by atoms with Crippen molar-refractivity contribution < 1.29 is 9.53 Å². The van der Waals surface area contributed by atoms with Gasteiger partial charge in [0.05, 0.1) is 0 Å². The Morgan fingerprint density at radius 3 is 2.38 bits per heavy atom. The van der Waals surface area contributed by atoms with Crippen LogP contribution in [0.1, 0.15) is 12.5 Å². The first-order chi connectivity index (χ1) is 12.4. The number of carbonyl (C=O) groups excluding carboxylic acids is 1. The molecule has 0 saturated carbocycles. The highest BCUT2D eigenvalue weighted by Gasteiger charge is 2.26. The highest BCUT2D eigenvalue weighted by Crippen LogP contribution is 2.24. The largest absolute Gasteiger partial charge is 0.481 e. The minimum absolute atomic E-state index is 0.00472. The Balaban J connectivity index is 1.57. The van der Waals surface area contributed by atoms with E-state index in [4.69, 9.17) is 27.9 Å². The van der Waals surface area contributed by atoms with Gasteiger partial charge >= 0.3 is 0 Å². The van der Waals surface area contributed by atoms with Gasteiger partial charge in [0, 0.05) is 41.9 Å². The SMILES string of the molecule is Cc1cc(Cl)ccc1O[C@@H](C)C(=O)N1CCN(c2cccc(Cl)c2)CC1. The van der Waals surface area contributed by atoms with Crippen LogP contribution in [0.15, 0.2) is 42.5 Å². The molecule has 0 aliphatic carbocycles. The number of rotatable bonds is 4. The maximum Gasteiger partial charge on any atom is 0.263 e. The number of nitrogens with zero attached hydrogens (tertiary/aromatic N) is 2. The molecule has 1 fully saturated rings. The number of piperazine rings is 1. The molecule has 1 atom stereocenters. The van der Waals surface area contributed by atoms with Gasteiger partial charge in [0.15, 0.2) is 6.10 Å². The molecule has 4 nitrogen and oxygen atoms in total. The van der Waals surface area contributed by atoms with E-state index in [1.54, 1.807) is 19.1 Å². The third-order valence-corrected chi connectivity index (χ3v) is 5.02. The van der Waals surface area contributed by atoms with Crippen LogP contribution in [-0.2, 0) is 4.79 Å². The number of amides is 1. The van der Waals surface area contributed by atoms with Gasteiger partial charge in [-0.05, 0) is 55.8 Å². The maximum atomic E-state index is 12.7. The Kier molecular flexibility index (Phi) is 5.94. The predicted octanol–water partition coefficient (Wildman–Crippen LogP) is 4.42. The van der Waals surface area contributed by atoms with Crippen molar-refractivity contribution in [2.45, 2.75) is 20.0 Å². The van der Waals surface area contributed by atoms with Gasteiger partial charge < -0.3 is 14.5 Å². The molecule has 2 aromatic carbocycles. The van der Waals surface area contributed by atoms with Gasteiger partial charge in [0.2, 0.25) is 0 Å². The van der Waals surface area contributed by atoms with Crippen LogP contribution in [0.4, 0.5) is 5.69 Å². The highest BCUT2D eigenvalue weighted by molar-refractivity contribution is 6.31. The van der Waals surface area contributed by atoms with Crippen LogP contribution >= 0.6 is 23.2 Å². The number of hydrogen-bond acceptors (Lipinski definition) is 3. The summed E-state index contributed by atoms with van der Waals surface area (Å²) >= 11 is 12.0. The van der Waals surface area contributed by atoms with Crippen LogP contribution in [-0.4, -0.2) is 43.1 Å². The van der Waals surface area contributed by atoms with Gasteiger partial charge in [-0.25, -0.2) is 0 Å². The van der Waals surface area contributed by atoms with E-state index in [2.05, 4.69) is 4.90 Å². The molecule has 0 unspecified atom stereocenters. The fraction of sp³-hybridized carbons (Fsp3) is 0.350. The normalized spacial score (nSPS) is 15.7. The van der Waals surface area contributed by atoms with Crippen LogP contribution in [0.3, 0.4) is 0 Å². The van der Waals surface area contributed by atoms with Gasteiger partial charge in [0.25, 0.3) is 5.91 Å². The van der Waals surface area contributed by atoms with Crippen molar-refractivity contribution in [2.75, 3.05) is 31.1 Å². The van der Waals surface area contributed by atoms with E-state index < -0.39 is 6.10 Å². The van der Waals surface area contributed by atoms with Crippen molar-refractivity contribution >= 4 is 34.8 Å². The second-order valence-corrected chi connectivity index (χ2v) is 7.33. The van der Waals surface area contributed by atoms with E-state index >= 15 is 0 Å². The van der Waals surface area contributed by atoms with Crippen molar-refractivity contribution in [3.8, 4) is 5.75 Å². The van der Waals surface area contributed by atoms with E-state index in [0.29, 0.717) is 23.9 Å². The van der Waals surface area contributed by atoms with Crippen molar-refractivity contribution in [2.24, 2.45) is 0 Å². The fourth-order valence-corrected chi connectivity index (χ4v) is 3.51. The summed E-state index contributed by atoms with van der Waals surface area (Å²) in [6.45, 7) is 6.59. The minimum atomic E-state index is -0.535. The molecule has 0 bridgehead atoms. The van der Waals surface area contributed by atoms with E-state index in [9.17, 15) is 4.79 Å². The first kappa shape index (κ1) is 18.9. The second-order valence-electron chi connectivity index (χ2n) is 6.46. The summed E-state index contributed by atoms with van der Waals surface area (Å²) in [5.74, 6) is 0.693. The fourth-order valence-electron chi connectivity index (χ4n) is 3.10. The van der Waals surface area contributed by atoms with Gasteiger partial charge in [-0.2, -0.15) is 0 Å². The topological polar surface area (TPSA) is 32.8 Å². The van der Waals surface area contributed by atoms with Crippen LogP contribution in [0.25, 0.3) is 0 Å². The number of aryl methyl sites for hydroxylation is 1. The lowest BCUT2D eigenvalue weighted by molar-refractivity contribution is -0.138. The van der Waals surface area contributed by atoms with E-state index in [1.807, 2.05) is 42.2 Å². The summed E-state index contributed by atoms with van der Waals surface area (Å²) in [5, 5.41) is 1.38. The monoisotopic (exact) mass is 392 g/mol. The summed E-state index contributed by atoms with van der Waals surface area (Å²) in [5.41, 5.74) is 2.01. The third-order valence-electron chi connectivity index (χ3n) is 4.55. The number of benzene rings is 2. The average molecular weight is 393 g/mol. The Labute approximate surface area is 164 Å². The molecule has 1 heterocycles. The van der Waals surface area contributed by atoms with Gasteiger partial charge in [-0.15, -0.1) is 0 Å². The molecule has 0 aromatic heterocycles. The second kappa shape index (κ2) is 8.19. The molecule has 6 heteroatoms. The molecule has 0 radical (unpaired) electrons. The number of hydrogen-bond donors (Lipinski definition) is 0. The summed E-state index contributed by atoms with van der Waals surface area (Å²) < 4.78 is 5.86. The summed E-state index contributed by atoms with van der Waals surface area (Å²) in [7, 11) is 0. The molecule has 0 spiro atoms. The van der Waals surface area contributed by atoms with Crippen molar-refractivity contribution in [3.05, 3.63) is 58.1 Å².